The van der Waals surface area contributed by atoms with Gasteiger partial charge < -0.3 is 10.1 Å². The molecule has 2 aliphatic rings. The van der Waals surface area contributed by atoms with Crippen molar-refractivity contribution in [3.8, 4) is 0 Å². The molecule has 1 saturated heterocycles. The molecule has 2 atom stereocenters. The van der Waals surface area contributed by atoms with Gasteiger partial charge in [0.25, 0.3) is 0 Å². The van der Waals surface area contributed by atoms with E-state index in [0.29, 0.717) is 6.10 Å². The summed E-state index contributed by atoms with van der Waals surface area (Å²) in [5, 5.41) is 3.61. The molecule has 2 heterocycles. The second-order valence-electron chi connectivity index (χ2n) is 4.03. The summed E-state index contributed by atoms with van der Waals surface area (Å²) in [6.07, 6.45) is 9.42. The molecule has 80 valence electrons. The van der Waals surface area contributed by atoms with Gasteiger partial charge in [-0.25, -0.2) is 0 Å². The van der Waals surface area contributed by atoms with Crippen LogP contribution in [0.3, 0.4) is 0 Å². The molecule has 1 N–H and O–H groups in total. The first-order valence-electron chi connectivity index (χ1n) is 5.57. The van der Waals surface area contributed by atoms with Crippen molar-refractivity contribution in [1.29, 1.82) is 0 Å². The van der Waals surface area contributed by atoms with Gasteiger partial charge in [0.2, 0.25) is 0 Å². The molecule has 0 bridgehead atoms. The third-order valence-corrected chi connectivity index (χ3v) is 4.03. The Bertz CT molecular complexity index is 190. The first-order valence-corrected chi connectivity index (χ1v) is 6.72. The molecule has 2 rings (SSSR count). The van der Waals surface area contributed by atoms with E-state index in [9.17, 15) is 0 Å². The molecule has 0 aromatic heterocycles. The molecule has 0 aliphatic carbocycles. The minimum atomic E-state index is 0.409. The lowest BCUT2D eigenvalue weighted by Gasteiger charge is -2.26. The third-order valence-electron chi connectivity index (χ3n) is 2.82. The molecule has 0 aromatic rings. The second kappa shape index (κ2) is 5.66. The average Bonchev–Trinajstić information content (AvgIpc) is 2.29. The van der Waals surface area contributed by atoms with Crippen molar-refractivity contribution in [1.82, 2.24) is 5.32 Å². The third kappa shape index (κ3) is 3.21. The fourth-order valence-corrected chi connectivity index (χ4v) is 3.04. The maximum absolute atomic E-state index is 5.52. The molecule has 14 heavy (non-hydrogen) atoms. The zero-order valence-electron chi connectivity index (χ0n) is 8.58. The molecular weight excluding hydrogens is 194 g/mol. The lowest BCUT2D eigenvalue weighted by molar-refractivity contribution is 0.119. The van der Waals surface area contributed by atoms with Crippen molar-refractivity contribution in [2.75, 3.05) is 18.1 Å². The van der Waals surface area contributed by atoms with Crippen LogP contribution in [0.5, 0.6) is 0 Å². The molecule has 0 aromatic carbocycles. The smallest absolute Gasteiger partial charge is 0.110 e. The quantitative estimate of drug-likeness (QED) is 0.776. The van der Waals surface area contributed by atoms with Crippen LogP contribution in [-0.4, -0.2) is 30.2 Å². The summed E-state index contributed by atoms with van der Waals surface area (Å²) in [6.45, 7) is 1.02. The predicted molar refractivity (Wildman–Crippen MR) is 61.6 cm³/mol. The van der Waals surface area contributed by atoms with Gasteiger partial charge in [0.15, 0.2) is 0 Å². The highest BCUT2D eigenvalue weighted by Gasteiger charge is 2.16. The summed E-state index contributed by atoms with van der Waals surface area (Å²) < 4.78 is 5.52. The van der Waals surface area contributed by atoms with Crippen molar-refractivity contribution in [2.45, 2.75) is 37.8 Å². The Labute approximate surface area is 90.5 Å². The molecule has 1 fully saturated rings. The maximum Gasteiger partial charge on any atom is 0.110 e. The highest BCUT2D eigenvalue weighted by atomic mass is 32.2. The summed E-state index contributed by atoms with van der Waals surface area (Å²) in [7, 11) is 0. The molecule has 0 saturated carbocycles. The fraction of sp³-hybridized carbons (Fsp3) is 0.818. The van der Waals surface area contributed by atoms with E-state index in [-0.39, 0.29) is 0 Å². The zero-order valence-corrected chi connectivity index (χ0v) is 9.39. The van der Waals surface area contributed by atoms with E-state index in [1.807, 2.05) is 6.26 Å². The number of nitrogens with one attached hydrogen (secondary N) is 1. The molecule has 3 heteroatoms. The van der Waals surface area contributed by atoms with Gasteiger partial charge in [-0.3, -0.25) is 0 Å². The number of rotatable bonds is 3. The molecule has 2 nitrogen and oxygen atoms in total. The number of thioether (sulfide) groups is 1. The maximum atomic E-state index is 5.52. The van der Waals surface area contributed by atoms with Gasteiger partial charge in [-0.1, -0.05) is 0 Å². The van der Waals surface area contributed by atoms with Crippen LogP contribution >= 0.6 is 11.8 Å². The first-order chi connectivity index (χ1) is 6.95. The standard InChI is InChI=1S/C11H19NOS/c1-2-6-13-11(5-1)8-12-10-4-3-7-14-9-10/h2,6,10-12H,1,3-5,7-9H2. The van der Waals surface area contributed by atoms with Gasteiger partial charge in [0, 0.05) is 18.3 Å². The highest BCUT2D eigenvalue weighted by molar-refractivity contribution is 7.99. The summed E-state index contributed by atoms with van der Waals surface area (Å²) in [5.74, 6) is 2.63. The average molecular weight is 213 g/mol. The summed E-state index contributed by atoms with van der Waals surface area (Å²) in [5.41, 5.74) is 0. The van der Waals surface area contributed by atoms with Crippen molar-refractivity contribution in [3.05, 3.63) is 12.3 Å². The predicted octanol–water partition coefficient (Wildman–Crippen LogP) is 2.16. The Kier molecular flexibility index (Phi) is 4.20. The Balaban J connectivity index is 1.63. The monoisotopic (exact) mass is 213 g/mol. The molecule has 2 unspecified atom stereocenters. The van der Waals surface area contributed by atoms with Crippen LogP contribution in [0.4, 0.5) is 0 Å². The van der Waals surface area contributed by atoms with Gasteiger partial charge in [0.1, 0.15) is 6.10 Å². The van der Waals surface area contributed by atoms with E-state index in [0.717, 1.165) is 12.6 Å². The Morgan fingerprint density at radius 2 is 2.43 bits per heavy atom. The lowest BCUT2D eigenvalue weighted by Crippen LogP contribution is -2.39. The topological polar surface area (TPSA) is 21.3 Å². The normalized spacial score (nSPS) is 32.6. The van der Waals surface area contributed by atoms with Gasteiger partial charge in [-0.05, 0) is 37.5 Å². The Morgan fingerprint density at radius 3 is 3.14 bits per heavy atom. The van der Waals surface area contributed by atoms with Gasteiger partial charge >= 0.3 is 0 Å². The summed E-state index contributed by atoms with van der Waals surface area (Å²) in [4.78, 5) is 0. The highest BCUT2D eigenvalue weighted by Crippen LogP contribution is 2.17. The van der Waals surface area contributed by atoms with Crippen molar-refractivity contribution >= 4 is 11.8 Å². The lowest BCUT2D eigenvalue weighted by atomic mass is 10.1. The molecule has 0 radical (unpaired) electrons. The van der Waals surface area contributed by atoms with E-state index < -0.39 is 0 Å². The van der Waals surface area contributed by atoms with E-state index >= 15 is 0 Å². The number of ether oxygens (including phenoxy) is 1. The summed E-state index contributed by atoms with van der Waals surface area (Å²) in [6, 6.07) is 0.725. The van der Waals surface area contributed by atoms with Crippen LogP contribution in [0.2, 0.25) is 0 Å². The van der Waals surface area contributed by atoms with Crippen molar-refractivity contribution < 1.29 is 4.74 Å². The largest absolute Gasteiger partial charge is 0.497 e. The van der Waals surface area contributed by atoms with Crippen molar-refractivity contribution in [3.63, 3.8) is 0 Å². The van der Waals surface area contributed by atoms with Crippen LogP contribution in [0, 0.1) is 0 Å². The number of hydrogen-bond donors (Lipinski definition) is 1. The van der Waals surface area contributed by atoms with Gasteiger partial charge in [-0.15, -0.1) is 0 Å². The van der Waals surface area contributed by atoms with Crippen LogP contribution in [0.25, 0.3) is 0 Å². The van der Waals surface area contributed by atoms with E-state index in [2.05, 4.69) is 23.2 Å². The van der Waals surface area contributed by atoms with Crippen molar-refractivity contribution in [2.24, 2.45) is 0 Å². The minimum Gasteiger partial charge on any atom is -0.497 e. The number of allylic oxidation sites excluding steroid dienone is 1. The SMILES string of the molecule is C1=COC(CNC2CCCSC2)CC1. The summed E-state index contributed by atoms with van der Waals surface area (Å²) >= 11 is 2.07. The molecule has 0 spiro atoms. The molecule has 2 aliphatic heterocycles. The molecular formula is C11H19NOS. The van der Waals surface area contributed by atoms with Gasteiger partial charge in [-0.2, -0.15) is 11.8 Å². The number of hydrogen-bond acceptors (Lipinski definition) is 3. The first kappa shape index (κ1) is 10.4. The Morgan fingerprint density at radius 1 is 1.43 bits per heavy atom. The second-order valence-corrected chi connectivity index (χ2v) is 5.18. The molecule has 0 amide bonds. The minimum absolute atomic E-state index is 0.409. The van der Waals surface area contributed by atoms with Crippen LogP contribution in [0.15, 0.2) is 12.3 Å². The zero-order chi connectivity index (χ0) is 9.64. The van der Waals surface area contributed by atoms with E-state index in [1.54, 1.807) is 0 Å². The van der Waals surface area contributed by atoms with Crippen LogP contribution < -0.4 is 5.32 Å². The van der Waals surface area contributed by atoms with Gasteiger partial charge in [0.05, 0.1) is 6.26 Å². The van der Waals surface area contributed by atoms with E-state index in [4.69, 9.17) is 4.74 Å². The Hall–Kier alpha value is -0.150. The fourth-order valence-electron chi connectivity index (χ4n) is 1.93. The van der Waals surface area contributed by atoms with E-state index in [1.165, 1.54) is 37.2 Å². The van der Waals surface area contributed by atoms with Crippen LogP contribution in [0.1, 0.15) is 25.7 Å². The van der Waals surface area contributed by atoms with Crippen LogP contribution in [-0.2, 0) is 4.74 Å².